The first-order chi connectivity index (χ1) is 17.8. The van der Waals surface area contributed by atoms with E-state index in [2.05, 4.69) is 54.8 Å². The number of fused-ring (bicyclic) bond motifs is 1. The van der Waals surface area contributed by atoms with Gasteiger partial charge in [0.25, 0.3) is 0 Å². The van der Waals surface area contributed by atoms with E-state index in [1.807, 2.05) is 36.8 Å². The van der Waals surface area contributed by atoms with Crippen LogP contribution in [0.1, 0.15) is 6.42 Å². The first kappa shape index (κ1) is 22.6. The maximum atomic E-state index is 7.33. The number of imidazole rings is 1. The van der Waals surface area contributed by atoms with Crippen LogP contribution in [0.15, 0.2) is 67.1 Å². The molecule has 4 heterocycles. The maximum Gasteiger partial charge on any atom is 0.187 e. The summed E-state index contributed by atoms with van der Waals surface area (Å²) in [5, 5.41) is 3.42. The van der Waals surface area contributed by atoms with Crippen LogP contribution < -0.4 is 15.0 Å². The van der Waals surface area contributed by atoms with Crippen LogP contribution in [0.3, 0.4) is 0 Å². The fourth-order valence-electron chi connectivity index (χ4n) is 5.12. The van der Waals surface area contributed by atoms with Gasteiger partial charge < -0.3 is 19.7 Å². The van der Waals surface area contributed by atoms with Crippen molar-refractivity contribution in [3.05, 3.63) is 78.5 Å². The van der Waals surface area contributed by atoms with Gasteiger partial charge in [0, 0.05) is 36.8 Å². The number of pyridine rings is 1. The number of rotatable bonds is 6. The van der Waals surface area contributed by atoms with Crippen molar-refractivity contribution in [2.24, 2.45) is 5.92 Å². The van der Waals surface area contributed by atoms with Crippen LogP contribution in [0, 0.1) is 12.5 Å². The van der Waals surface area contributed by atoms with Gasteiger partial charge in [0.1, 0.15) is 11.3 Å². The van der Waals surface area contributed by atoms with Crippen LogP contribution in [0.2, 0.25) is 0 Å². The number of ether oxygens (including phenoxy) is 2. The Hall–Kier alpha value is -3.86. The van der Waals surface area contributed by atoms with Crippen LogP contribution >= 0.6 is 0 Å². The molecular weight excluding hydrogens is 450 g/mol. The Morgan fingerprint density at radius 3 is 2.56 bits per heavy atom. The fourth-order valence-corrected chi connectivity index (χ4v) is 5.12. The van der Waals surface area contributed by atoms with Gasteiger partial charge >= 0.3 is 0 Å². The zero-order valence-electron chi connectivity index (χ0n) is 20.2. The van der Waals surface area contributed by atoms with E-state index in [0.717, 1.165) is 79.5 Å². The zero-order valence-corrected chi connectivity index (χ0v) is 20.2. The highest BCUT2D eigenvalue weighted by atomic mass is 16.5. The minimum atomic E-state index is 0.516. The van der Waals surface area contributed by atoms with Crippen molar-refractivity contribution in [3.63, 3.8) is 0 Å². The Bertz CT molecular complexity index is 1380. The SMILES string of the molecule is [C-]#[N+]c1ccc(-c2cc(OC[C@@H]3CCNC3)c3cncn3c2-c2ccc(N3CCOCC3)cc2)cc1. The second-order valence-corrected chi connectivity index (χ2v) is 9.39. The molecule has 2 saturated heterocycles. The molecule has 6 rings (SSSR count). The summed E-state index contributed by atoms with van der Waals surface area (Å²) in [5.74, 6) is 1.35. The third-order valence-corrected chi connectivity index (χ3v) is 7.12. The van der Waals surface area contributed by atoms with E-state index in [1.165, 1.54) is 5.69 Å². The lowest BCUT2D eigenvalue weighted by Crippen LogP contribution is -2.36. The molecule has 2 aliphatic heterocycles. The highest BCUT2D eigenvalue weighted by Gasteiger charge is 2.20. The molecule has 2 aromatic carbocycles. The lowest BCUT2D eigenvalue weighted by atomic mass is 9.97. The number of nitrogens with one attached hydrogen (secondary N) is 1. The molecule has 0 spiro atoms. The van der Waals surface area contributed by atoms with Crippen LogP contribution in [-0.2, 0) is 4.74 Å². The summed E-state index contributed by atoms with van der Waals surface area (Å²) in [6.45, 7) is 13.4. The summed E-state index contributed by atoms with van der Waals surface area (Å²) < 4.78 is 14.0. The van der Waals surface area contributed by atoms with Crippen LogP contribution in [0.4, 0.5) is 11.4 Å². The predicted molar refractivity (Wildman–Crippen MR) is 142 cm³/mol. The molecule has 2 aromatic heterocycles. The van der Waals surface area contributed by atoms with Gasteiger partial charge in [0.15, 0.2) is 5.69 Å². The average Bonchev–Trinajstić information content (AvgIpc) is 3.65. The standard InChI is InChI=1S/C29H29N5O2/c1-30-24-6-2-22(3-7-24)26-16-28(36-19-21-10-11-31-17-21)27-18-32-20-34(27)29(26)23-4-8-25(9-5-23)33-12-14-35-15-13-33/h2-9,16,18,20-21,31H,10-15,17,19H2/t21-/m1/s1. The van der Waals surface area contributed by atoms with Gasteiger partial charge in [-0.1, -0.05) is 36.4 Å². The van der Waals surface area contributed by atoms with Crippen molar-refractivity contribution in [3.8, 4) is 28.1 Å². The van der Waals surface area contributed by atoms with Crippen LogP contribution in [0.25, 0.3) is 32.7 Å². The molecule has 182 valence electrons. The fraction of sp³-hybridized carbons (Fsp3) is 0.310. The molecule has 0 unspecified atom stereocenters. The summed E-state index contributed by atoms with van der Waals surface area (Å²) in [6.07, 6.45) is 4.87. The van der Waals surface area contributed by atoms with Gasteiger partial charge in [-0.05, 0) is 42.3 Å². The predicted octanol–water partition coefficient (Wildman–Crippen LogP) is 5.04. The molecule has 0 bridgehead atoms. The van der Waals surface area contributed by atoms with E-state index in [-0.39, 0.29) is 0 Å². The Labute approximate surface area is 211 Å². The molecule has 2 fully saturated rings. The van der Waals surface area contributed by atoms with Crippen molar-refractivity contribution in [1.29, 1.82) is 0 Å². The van der Waals surface area contributed by atoms with E-state index in [4.69, 9.17) is 16.0 Å². The second-order valence-electron chi connectivity index (χ2n) is 9.39. The first-order valence-electron chi connectivity index (χ1n) is 12.5. The van der Waals surface area contributed by atoms with E-state index in [9.17, 15) is 0 Å². The highest BCUT2D eigenvalue weighted by molar-refractivity contribution is 5.87. The molecule has 7 heteroatoms. The van der Waals surface area contributed by atoms with Crippen molar-refractivity contribution < 1.29 is 9.47 Å². The van der Waals surface area contributed by atoms with Gasteiger partial charge in [-0.3, -0.25) is 4.40 Å². The third-order valence-electron chi connectivity index (χ3n) is 7.12. The van der Waals surface area contributed by atoms with Crippen molar-refractivity contribution >= 4 is 16.9 Å². The minimum absolute atomic E-state index is 0.516. The Kier molecular flexibility index (Phi) is 6.29. The maximum absolute atomic E-state index is 7.33. The number of benzene rings is 2. The molecule has 0 amide bonds. The smallest absolute Gasteiger partial charge is 0.187 e. The third kappa shape index (κ3) is 4.41. The second kappa shape index (κ2) is 10.0. The largest absolute Gasteiger partial charge is 0.491 e. The van der Waals surface area contributed by atoms with Gasteiger partial charge in [0.05, 0.1) is 44.6 Å². The van der Waals surface area contributed by atoms with Gasteiger partial charge in [-0.15, -0.1) is 0 Å². The van der Waals surface area contributed by atoms with Crippen molar-refractivity contribution in [2.75, 3.05) is 50.9 Å². The van der Waals surface area contributed by atoms with E-state index >= 15 is 0 Å². The topological polar surface area (TPSA) is 55.4 Å². The van der Waals surface area contributed by atoms with Gasteiger partial charge in [-0.25, -0.2) is 9.83 Å². The number of anilines is 1. The summed E-state index contributed by atoms with van der Waals surface area (Å²) in [4.78, 5) is 10.4. The average molecular weight is 480 g/mol. The van der Waals surface area contributed by atoms with Crippen LogP contribution in [-0.4, -0.2) is 55.4 Å². The molecule has 0 saturated carbocycles. The normalized spacial score (nSPS) is 17.9. The van der Waals surface area contributed by atoms with Gasteiger partial charge in [-0.2, -0.15) is 0 Å². The first-order valence-corrected chi connectivity index (χ1v) is 12.5. The Balaban J connectivity index is 1.44. The summed E-state index contributed by atoms with van der Waals surface area (Å²) in [7, 11) is 0. The number of aromatic nitrogens is 2. The molecule has 36 heavy (non-hydrogen) atoms. The van der Waals surface area contributed by atoms with Crippen molar-refractivity contribution in [2.45, 2.75) is 6.42 Å². The lowest BCUT2D eigenvalue weighted by Gasteiger charge is -2.29. The molecule has 0 aliphatic carbocycles. The number of nitrogens with zero attached hydrogens (tertiary/aromatic N) is 4. The quantitative estimate of drug-likeness (QED) is 0.393. The van der Waals surface area contributed by atoms with E-state index in [1.54, 1.807) is 0 Å². The molecule has 2 aliphatic rings. The minimum Gasteiger partial charge on any atom is -0.491 e. The lowest BCUT2D eigenvalue weighted by molar-refractivity contribution is 0.122. The summed E-state index contributed by atoms with van der Waals surface area (Å²) >= 11 is 0. The Morgan fingerprint density at radius 1 is 1.06 bits per heavy atom. The molecule has 1 atom stereocenters. The molecular formula is C29H29N5O2. The monoisotopic (exact) mass is 479 g/mol. The molecule has 7 nitrogen and oxygen atoms in total. The van der Waals surface area contributed by atoms with Crippen LogP contribution in [0.5, 0.6) is 5.75 Å². The molecule has 4 aromatic rings. The summed E-state index contributed by atoms with van der Waals surface area (Å²) in [6, 6.07) is 18.6. The Morgan fingerprint density at radius 2 is 1.83 bits per heavy atom. The highest BCUT2D eigenvalue weighted by Crippen LogP contribution is 2.39. The van der Waals surface area contributed by atoms with E-state index in [0.29, 0.717) is 18.2 Å². The molecule has 0 radical (unpaired) electrons. The number of morpholine rings is 1. The summed E-state index contributed by atoms with van der Waals surface area (Å²) in [5.41, 5.74) is 7.04. The van der Waals surface area contributed by atoms with E-state index < -0.39 is 0 Å². The number of hydrogen-bond acceptors (Lipinski definition) is 5. The van der Waals surface area contributed by atoms with Crippen molar-refractivity contribution in [1.82, 2.24) is 14.7 Å². The molecule has 1 N–H and O–H groups in total. The zero-order chi connectivity index (χ0) is 24.3. The number of hydrogen-bond donors (Lipinski definition) is 1. The van der Waals surface area contributed by atoms with Gasteiger partial charge in [0.2, 0.25) is 0 Å².